The van der Waals surface area contributed by atoms with Gasteiger partial charge < -0.3 is 18.9 Å². The maximum Gasteiger partial charge on any atom is 0.186 e. The van der Waals surface area contributed by atoms with Crippen molar-refractivity contribution in [3.63, 3.8) is 0 Å². The highest BCUT2D eigenvalue weighted by atomic mass is 32.2. The van der Waals surface area contributed by atoms with Gasteiger partial charge in [-0.3, -0.25) is 20.0 Å². The van der Waals surface area contributed by atoms with Gasteiger partial charge in [-0.15, -0.1) is 0 Å². The number of hydrazone groups is 4. The first-order chi connectivity index (χ1) is 21.5. The molecule has 0 N–H and O–H groups in total. The molecule has 0 fully saturated rings. The summed E-state index contributed by atoms with van der Waals surface area (Å²) in [4.78, 5) is 18.5. The molecule has 0 radical (unpaired) electrons. The van der Waals surface area contributed by atoms with E-state index in [1.165, 1.54) is 47.0 Å². The van der Waals surface area contributed by atoms with Crippen LogP contribution in [0.4, 0.5) is 0 Å². The first kappa shape index (κ1) is 33.2. The SMILES string of the molecule is CN1N=C2SC1=NCCOCCOCCN=C1SC(=NN1C)C1=NN(C)C(=NCCOCCOCCN=C3SC2=NN3C)S1. The van der Waals surface area contributed by atoms with E-state index in [9.17, 15) is 0 Å². The molecule has 16 nitrogen and oxygen atoms in total. The highest BCUT2D eigenvalue weighted by Gasteiger charge is 2.31. The number of thioether (sulfide) groups is 4. The Bertz CT molecular complexity index is 1100. The van der Waals surface area contributed by atoms with E-state index in [2.05, 4.69) is 40.4 Å². The molecule has 0 atom stereocenters. The molecule has 44 heavy (non-hydrogen) atoms. The van der Waals surface area contributed by atoms with Crippen molar-refractivity contribution in [2.45, 2.75) is 0 Å². The zero-order valence-corrected chi connectivity index (χ0v) is 28.4. The molecule has 0 aromatic rings. The average Bonchev–Trinajstić information content (AvgIpc) is 3.76. The van der Waals surface area contributed by atoms with Crippen molar-refractivity contribution in [2.75, 3.05) is 107 Å². The molecule has 0 unspecified atom stereocenters. The molecule has 0 aromatic carbocycles. The lowest BCUT2D eigenvalue weighted by atomic mass is 10.6. The summed E-state index contributed by atoms with van der Waals surface area (Å²) in [5.41, 5.74) is 0. The van der Waals surface area contributed by atoms with Crippen molar-refractivity contribution in [1.29, 1.82) is 0 Å². The molecule has 20 heteroatoms. The zero-order chi connectivity index (χ0) is 30.7. The number of fused-ring (bicyclic) bond motifs is 10. The molecular weight excluding hydrogens is 649 g/mol. The molecule has 8 bridgehead atoms. The van der Waals surface area contributed by atoms with E-state index >= 15 is 0 Å². The Morgan fingerprint density at radius 1 is 0.386 bits per heavy atom. The zero-order valence-electron chi connectivity index (χ0n) is 25.1. The van der Waals surface area contributed by atoms with Crippen LogP contribution in [0.15, 0.2) is 40.4 Å². The predicted molar refractivity (Wildman–Crippen MR) is 184 cm³/mol. The Morgan fingerprint density at radius 3 is 0.841 bits per heavy atom. The highest BCUT2D eigenvalue weighted by Crippen LogP contribution is 2.30. The lowest BCUT2D eigenvalue weighted by Gasteiger charge is -2.07. The highest BCUT2D eigenvalue weighted by molar-refractivity contribution is 8.37. The number of hydrogen-bond donors (Lipinski definition) is 0. The molecule has 0 amide bonds. The van der Waals surface area contributed by atoms with E-state index in [1.54, 1.807) is 20.0 Å². The Kier molecular flexibility index (Phi) is 12.8. The minimum Gasteiger partial charge on any atom is -0.377 e. The van der Waals surface area contributed by atoms with Crippen LogP contribution < -0.4 is 0 Å². The van der Waals surface area contributed by atoms with Crippen molar-refractivity contribution in [3.8, 4) is 0 Å². The van der Waals surface area contributed by atoms with Crippen molar-refractivity contribution in [2.24, 2.45) is 40.4 Å². The second-order valence-electron chi connectivity index (χ2n) is 9.23. The van der Waals surface area contributed by atoms with E-state index in [0.717, 1.165) is 40.8 Å². The van der Waals surface area contributed by atoms with Gasteiger partial charge in [0.15, 0.2) is 40.8 Å². The van der Waals surface area contributed by atoms with Crippen LogP contribution in [0, 0.1) is 0 Å². The van der Waals surface area contributed by atoms with Crippen LogP contribution in [0.1, 0.15) is 0 Å². The Morgan fingerprint density at radius 2 is 0.614 bits per heavy atom. The quantitative estimate of drug-likeness (QED) is 0.364. The standard InChI is InChI=1S/C24H36N12O4S4/c1-33-21-25-5-9-37-13-14-38-11-7-27-23-35(3)31-19(43-23)20-32-36(4)24(44-20)28-8-12-40-16-15-39-10-6-26-22-34(2)30-18(42-22)17(29-33)41-21/h5-16H2,1-4H3. The Balaban J connectivity index is 1.12. The third kappa shape index (κ3) is 9.41. The lowest BCUT2D eigenvalue weighted by Crippen LogP contribution is -2.15. The molecule has 5 rings (SSSR count). The first-order valence-corrected chi connectivity index (χ1v) is 17.2. The van der Waals surface area contributed by atoms with Gasteiger partial charge in [-0.25, -0.2) is 20.0 Å². The van der Waals surface area contributed by atoms with Crippen molar-refractivity contribution >= 4 is 87.9 Å². The second-order valence-corrected chi connectivity index (χ2v) is 13.1. The number of ether oxygens (including phenoxy) is 4. The van der Waals surface area contributed by atoms with Gasteiger partial charge in [0, 0.05) is 28.2 Å². The summed E-state index contributed by atoms with van der Waals surface area (Å²) in [5.74, 6) is 0. The van der Waals surface area contributed by atoms with Gasteiger partial charge >= 0.3 is 0 Å². The number of aliphatic imine (C=N–C) groups is 4. The topological polar surface area (TPSA) is 149 Å². The van der Waals surface area contributed by atoms with Crippen LogP contribution in [0.25, 0.3) is 0 Å². The second kappa shape index (κ2) is 16.9. The van der Waals surface area contributed by atoms with Crippen molar-refractivity contribution in [1.82, 2.24) is 20.0 Å². The molecule has 5 heterocycles. The molecule has 5 aliphatic heterocycles. The minimum absolute atomic E-state index is 0.488. The molecule has 0 aliphatic carbocycles. The Labute approximate surface area is 273 Å². The van der Waals surface area contributed by atoms with Gasteiger partial charge in [-0.2, -0.15) is 20.4 Å². The summed E-state index contributed by atoms with van der Waals surface area (Å²) in [6, 6.07) is 0. The van der Waals surface area contributed by atoms with E-state index in [-0.39, 0.29) is 0 Å². The summed E-state index contributed by atoms with van der Waals surface area (Å²) < 4.78 is 22.8. The van der Waals surface area contributed by atoms with Crippen LogP contribution >= 0.6 is 47.0 Å². The molecule has 240 valence electrons. The third-order valence-electron chi connectivity index (χ3n) is 5.86. The fourth-order valence-corrected chi connectivity index (χ4v) is 7.43. The van der Waals surface area contributed by atoms with Crippen molar-refractivity contribution < 1.29 is 18.9 Å². The van der Waals surface area contributed by atoms with E-state index in [0.29, 0.717) is 79.0 Å². The molecule has 0 saturated carbocycles. The monoisotopic (exact) mass is 684 g/mol. The lowest BCUT2D eigenvalue weighted by molar-refractivity contribution is 0.0540. The minimum atomic E-state index is 0.488. The van der Waals surface area contributed by atoms with Crippen LogP contribution in [0.3, 0.4) is 0 Å². The third-order valence-corrected chi connectivity index (χ3v) is 10.3. The normalized spacial score (nSPS) is 23.9. The van der Waals surface area contributed by atoms with E-state index < -0.39 is 0 Å². The summed E-state index contributed by atoms with van der Waals surface area (Å²) in [5, 5.41) is 31.9. The van der Waals surface area contributed by atoms with E-state index in [1.807, 2.05) is 28.2 Å². The van der Waals surface area contributed by atoms with E-state index in [4.69, 9.17) is 18.9 Å². The van der Waals surface area contributed by atoms with Gasteiger partial charge in [0.05, 0.1) is 79.0 Å². The smallest absolute Gasteiger partial charge is 0.186 e. The molecular formula is C24H36N12O4S4. The molecule has 0 spiro atoms. The number of rotatable bonds is 0. The van der Waals surface area contributed by atoms with Gasteiger partial charge in [-0.1, -0.05) is 0 Å². The fraction of sp³-hybridized carbons (Fsp3) is 0.667. The molecule has 0 aromatic heterocycles. The van der Waals surface area contributed by atoms with Crippen LogP contribution in [-0.4, -0.2) is 168 Å². The first-order valence-electron chi connectivity index (χ1n) is 14.0. The maximum absolute atomic E-state index is 5.69. The van der Waals surface area contributed by atoms with Gasteiger partial charge in [-0.05, 0) is 47.0 Å². The van der Waals surface area contributed by atoms with Gasteiger partial charge in [0.1, 0.15) is 0 Å². The predicted octanol–water partition coefficient (Wildman–Crippen LogP) is 1.46. The van der Waals surface area contributed by atoms with Crippen LogP contribution in [-0.2, 0) is 18.9 Å². The van der Waals surface area contributed by atoms with Crippen molar-refractivity contribution in [3.05, 3.63) is 0 Å². The van der Waals surface area contributed by atoms with Crippen LogP contribution in [0.2, 0.25) is 0 Å². The summed E-state index contributed by atoms with van der Waals surface area (Å²) >= 11 is 5.96. The number of amidine groups is 4. The number of hydrogen-bond acceptors (Lipinski definition) is 20. The fourth-order valence-electron chi connectivity index (χ4n) is 3.76. The molecule has 0 saturated heterocycles. The van der Waals surface area contributed by atoms with Gasteiger partial charge in [0.2, 0.25) is 0 Å². The van der Waals surface area contributed by atoms with Crippen LogP contribution in [0.5, 0.6) is 0 Å². The number of nitrogens with zero attached hydrogens (tertiary/aromatic N) is 12. The summed E-state index contributed by atoms with van der Waals surface area (Å²) in [6.07, 6.45) is 0. The van der Waals surface area contributed by atoms with Gasteiger partial charge in [0.25, 0.3) is 0 Å². The maximum atomic E-state index is 5.69. The largest absolute Gasteiger partial charge is 0.377 e. The average molecular weight is 685 g/mol. The summed E-state index contributed by atoms with van der Waals surface area (Å²) in [6.45, 7) is 6.03. The summed E-state index contributed by atoms with van der Waals surface area (Å²) in [7, 11) is 7.51. The Hall–Kier alpha value is -2.20. The molecule has 5 aliphatic rings.